The van der Waals surface area contributed by atoms with Crippen molar-refractivity contribution in [1.82, 2.24) is 0 Å². The largest absolute Gasteiger partial charge is 0.493 e. The third kappa shape index (κ3) is 3.98. The van der Waals surface area contributed by atoms with Gasteiger partial charge in [-0.3, -0.25) is 4.79 Å². The molecule has 1 aromatic carbocycles. The van der Waals surface area contributed by atoms with Crippen molar-refractivity contribution in [2.45, 2.75) is 19.8 Å². The molecular weight excluding hydrogens is 188 g/mol. The van der Waals surface area contributed by atoms with Gasteiger partial charge < -0.3 is 4.74 Å². The highest BCUT2D eigenvalue weighted by Gasteiger charge is 1.98. The van der Waals surface area contributed by atoms with E-state index in [0.29, 0.717) is 6.61 Å². The minimum Gasteiger partial charge on any atom is -0.493 e. The second kappa shape index (κ2) is 6.82. The van der Waals surface area contributed by atoms with Crippen LogP contribution in [-0.4, -0.2) is 12.9 Å². The Labute approximate surface area is 90.6 Å². The minimum absolute atomic E-state index is 0.714. The van der Waals surface area contributed by atoms with E-state index in [1.807, 2.05) is 24.3 Å². The molecule has 1 rings (SSSR count). The molecule has 1 radical (unpaired) electrons. The molecule has 2 nitrogen and oxygen atoms in total. The maximum absolute atomic E-state index is 10.1. The van der Waals surface area contributed by atoms with Crippen molar-refractivity contribution in [3.63, 3.8) is 0 Å². The molecule has 0 aliphatic heterocycles. The molecule has 0 unspecified atom stereocenters. The second-order valence-corrected chi connectivity index (χ2v) is 3.19. The Balaban J connectivity index is 2.68. The van der Waals surface area contributed by atoms with Crippen molar-refractivity contribution in [2.24, 2.45) is 0 Å². The molecule has 0 spiro atoms. The van der Waals surface area contributed by atoms with E-state index < -0.39 is 0 Å². The number of hydrogen-bond acceptors (Lipinski definition) is 2. The number of carbonyl (C=O) groups excluding carboxylic acids is 1. The van der Waals surface area contributed by atoms with E-state index in [1.54, 1.807) is 12.4 Å². The molecule has 0 aliphatic rings. The van der Waals surface area contributed by atoms with Gasteiger partial charge in [-0.1, -0.05) is 31.5 Å². The molecule has 1 aromatic rings. The first-order valence-electron chi connectivity index (χ1n) is 5.14. The van der Waals surface area contributed by atoms with Crippen LogP contribution in [0.2, 0.25) is 0 Å². The van der Waals surface area contributed by atoms with E-state index in [0.717, 1.165) is 24.2 Å². The topological polar surface area (TPSA) is 26.3 Å². The summed E-state index contributed by atoms with van der Waals surface area (Å²) < 4.78 is 5.59. The smallest absolute Gasteiger partial charge is 0.225 e. The lowest BCUT2D eigenvalue weighted by Crippen LogP contribution is -1.97. The zero-order chi connectivity index (χ0) is 10.9. The van der Waals surface area contributed by atoms with Gasteiger partial charge >= 0.3 is 0 Å². The van der Waals surface area contributed by atoms with Gasteiger partial charge in [0.15, 0.2) is 0 Å². The van der Waals surface area contributed by atoms with Crippen molar-refractivity contribution < 1.29 is 9.53 Å². The first-order valence-corrected chi connectivity index (χ1v) is 5.14. The molecule has 0 fully saturated rings. The summed E-state index contributed by atoms with van der Waals surface area (Å²) in [6.07, 6.45) is 6.93. The summed E-state index contributed by atoms with van der Waals surface area (Å²) in [6.45, 7) is 2.84. The van der Waals surface area contributed by atoms with Gasteiger partial charge in [0.1, 0.15) is 5.75 Å². The lowest BCUT2D eigenvalue weighted by molar-refractivity contribution is 0.309. The van der Waals surface area contributed by atoms with Crippen molar-refractivity contribution in [2.75, 3.05) is 6.61 Å². The molecule has 15 heavy (non-hydrogen) atoms. The molecular formula is C13H15O2. The third-order valence-electron chi connectivity index (χ3n) is 2.01. The Morgan fingerprint density at radius 1 is 1.40 bits per heavy atom. The molecule has 0 aromatic heterocycles. The van der Waals surface area contributed by atoms with Crippen LogP contribution in [0.4, 0.5) is 0 Å². The lowest BCUT2D eigenvalue weighted by Gasteiger charge is -2.07. The number of para-hydroxylation sites is 1. The zero-order valence-corrected chi connectivity index (χ0v) is 8.90. The number of allylic oxidation sites excluding steroid dienone is 1. The summed E-state index contributed by atoms with van der Waals surface area (Å²) in [6, 6.07) is 7.65. The van der Waals surface area contributed by atoms with Crippen LogP contribution in [0.5, 0.6) is 5.75 Å². The summed E-state index contributed by atoms with van der Waals surface area (Å²) in [5.74, 6) is 0.817. The van der Waals surface area contributed by atoms with E-state index in [2.05, 4.69) is 6.92 Å². The summed E-state index contributed by atoms with van der Waals surface area (Å²) in [5.41, 5.74) is 0.914. The maximum Gasteiger partial charge on any atom is 0.225 e. The van der Waals surface area contributed by atoms with Crippen molar-refractivity contribution in [1.29, 1.82) is 0 Å². The first-order chi connectivity index (χ1) is 7.38. The molecule has 0 saturated heterocycles. The molecule has 0 atom stereocenters. The lowest BCUT2D eigenvalue weighted by atomic mass is 10.2. The fourth-order valence-corrected chi connectivity index (χ4v) is 1.20. The molecule has 2 heteroatoms. The first kappa shape index (κ1) is 11.5. The van der Waals surface area contributed by atoms with Crippen LogP contribution in [0.3, 0.4) is 0 Å². The van der Waals surface area contributed by atoms with Gasteiger partial charge in [0.25, 0.3) is 0 Å². The Morgan fingerprint density at radius 3 is 2.93 bits per heavy atom. The van der Waals surface area contributed by atoms with E-state index in [1.165, 1.54) is 6.08 Å². The number of ether oxygens (including phenoxy) is 1. The van der Waals surface area contributed by atoms with Crippen LogP contribution in [0.1, 0.15) is 25.3 Å². The highest BCUT2D eigenvalue weighted by Crippen LogP contribution is 2.19. The predicted octanol–water partition coefficient (Wildman–Crippen LogP) is 2.99. The molecule has 0 amide bonds. The number of rotatable bonds is 6. The van der Waals surface area contributed by atoms with Crippen molar-refractivity contribution in [3.05, 3.63) is 35.9 Å². The Bertz CT molecular complexity index is 329. The van der Waals surface area contributed by atoms with Crippen LogP contribution in [-0.2, 0) is 4.79 Å². The van der Waals surface area contributed by atoms with Gasteiger partial charge in [-0.05, 0) is 24.6 Å². The van der Waals surface area contributed by atoms with Crippen LogP contribution in [0.15, 0.2) is 30.3 Å². The second-order valence-electron chi connectivity index (χ2n) is 3.19. The Hall–Kier alpha value is -1.57. The van der Waals surface area contributed by atoms with Gasteiger partial charge in [-0.15, -0.1) is 0 Å². The van der Waals surface area contributed by atoms with Gasteiger partial charge in [0, 0.05) is 5.56 Å². The number of unbranched alkanes of at least 4 members (excludes halogenated alkanes) is 1. The maximum atomic E-state index is 10.1. The SMILES string of the molecule is CCCCOc1ccccc1/C=C/[C]=O. The van der Waals surface area contributed by atoms with Crippen LogP contribution in [0, 0.1) is 0 Å². The zero-order valence-electron chi connectivity index (χ0n) is 8.90. The minimum atomic E-state index is 0.714. The fraction of sp³-hybridized carbons (Fsp3) is 0.308. The normalized spacial score (nSPS) is 10.5. The quantitative estimate of drug-likeness (QED) is 0.524. The number of benzene rings is 1. The average molecular weight is 203 g/mol. The molecule has 0 bridgehead atoms. The fourth-order valence-electron chi connectivity index (χ4n) is 1.20. The third-order valence-corrected chi connectivity index (χ3v) is 2.01. The van der Waals surface area contributed by atoms with Crippen molar-refractivity contribution >= 4 is 12.4 Å². The highest BCUT2D eigenvalue weighted by atomic mass is 16.5. The van der Waals surface area contributed by atoms with Gasteiger partial charge in [0.05, 0.1) is 6.61 Å². The monoisotopic (exact) mass is 203 g/mol. The van der Waals surface area contributed by atoms with Crippen LogP contribution >= 0.6 is 0 Å². The molecule has 0 heterocycles. The summed E-state index contributed by atoms with van der Waals surface area (Å²) in [5, 5.41) is 0. The Kier molecular flexibility index (Phi) is 5.23. The summed E-state index contributed by atoms with van der Waals surface area (Å²) >= 11 is 0. The van der Waals surface area contributed by atoms with E-state index in [4.69, 9.17) is 4.74 Å². The summed E-state index contributed by atoms with van der Waals surface area (Å²) in [7, 11) is 0. The molecule has 0 N–H and O–H groups in total. The van der Waals surface area contributed by atoms with Crippen LogP contribution < -0.4 is 4.74 Å². The van der Waals surface area contributed by atoms with Crippen molar-refractivity contribution in [3.8, 4) is 5.75 Å². The molecule has 79 valence electrons. The van der Waals surface area contributed by atoms with E-state index in [9.17, 15) is 4.79 Å². The molecule has 0 saturated carbocycles. The van der Waals surface area contributed by atoms with Gasteiger partial charge in [-0.2, -0.15) is 0 Å². The predicted molar refractivity (Wildman–Crippen MR) is 61.6 cm³/mol. The van der Waals surface area contributed by atoms with Gasteiger partial charge in [-0.25, -0.2) is 0 Å². The van der Waals surface area contributed by atoms with Gasteiger partial charge in [0.2, 0.25) is 6.29 Å². The Morgan fingerprint density at radius 2 is 2.20 bits per heavy atom. The van der Waals surface area contributed by atoms with E-state index in [-0.39, 0.29) is 0 Å². The highest BCUT2D eigenvalue weighted by molar-refractivity contribution is 5.75. The molecule has 0 aliphatic carbocycles. The number of hydrogen-bond donors (Lipinski definition) is 0. The standard InChI is InChI=1S/C13H15O2/c1-2-3-11-15-13-9-5-4-7-12(13)8-6-10-14/h4-9H,2-3,11H2,1H3/b8-6+. The van der Waals surface area contributed by atoms with E-state index >= 15 is 0 Å². The summed E-state index contributed by atoms with van der Waals surface area (Å²) in [4.78, 5) is 10.1. The van der Waals surface area contributed by atoms with Crippen LogP contribution in [0.25, 0.3) is 6.08 Å². The average Bonchev–Trinajstić information content (AvgIpc) is 2.28.